The van der Waals surface area contributed by atoms with Crippen LogP contribution in [0.5, 0.6) is 5.75 Å². The van der Waals surface area contributed by atoms with E-state index in [-0.39, 0.29) is 12.2 Å². The average Bonchev–Trinajstić information content (AvgIpc) is 2.29. The van der Waals surface area contributed by atoms with Gasteiger partial charge in [0.05, 0.1) is 19.3 Å². The molecule has 1 aliphatic heterocycles. The van der Waals surface area contributed by atoms with Gasteiger partial charge in [-0.05, 0) is 24.1 Å². The summed E-state index contributed by atoms with van der Waals surface area (Å²) in [5.41, 5.74) is 1.11. The van der Waals surface area contributed by atoms with Crippen LogP contribution < -0.4 is 4.74 Å². The lowest BCUT2D eigenvalue weighted by Crippen LogP contribution is -2.23. The molecule has 1 saturated heterocycles. The zero-order valence-electron chi connectivity index (χ0n) is 8.85. The maximum absolute atomic E-state index is 9.54. The number of hydrogen-bond donors (Lipinski definition) is 1. The fourth-order valence-corrected chi connectivity index (χ4v) is 1.83. The summed E-state index contributed by atoms with van der Waals surface area (Å²) in [5, 5.41) is 9.54. The Labute approximate surface area is 89.6 Å². The summed E-state index contributed by atoms with van der Waals surface area (Å²) in [5.74, 6) is 0.843. The Kier molecular flexibility index (Phi) is 3.23. The molecule has 1 heterocycles. The molecule has 1 aliphatic rings. The first-order valence-corrected chi connectivity index (χ1v) is 5.23. The third kappa shape index (κ3) is 2.49. The highest BCUT2D eigenvalue weighted by molar-refractivity contribution is 5.28. The van der Waals surface area contributed by atoms with Crippen LogP contribution in [-0.2, 0) is 4.74 Å². The molecular formula is C12H16O3. The van der Waals surface area contributed by atoms with Gasteiger partial charge in [0, 0.05) is 13.0 Å². The van der Waals surface area contributed by atoms with E-state index < -0.39 is 0 Å². The molecule has 0 bridgehead atoms. The number of methoxy groups -OCH3 is 1. The lowest BCUT2D eigenvalue weighted by atomic mass is 9.99. The minimum Gasteiger partial charge on any atom is -0.497 e. The number of aliphatic hydroxyl groups excluding tert-OH is 1. The van der Waals surface area contributed by atoms with E-state index in [4.69, 9.17) is 9.47 Å². The third-order valence-electron chi connectivity index (χ3n) is 2.74. The molecule has 1 N–H and O–H groups in total. The van der Waals surface area contributed by atoms with Crippen molar-refractivity contribution in [3.8, 4) is 5.75 Å². The standard InChI is InChI=1S/C12H16O3/c1-14-11-4-2-9(3-5-11)12-8-10(13)6-7-15-12/h2-5,10,12-13H,6-8H2,1H3. The second-order valence-electron chi connectivity index (χ2n) is 3.81. The summed E-state index contributed by atoms with van der Waals surface area (Å²) in [6, 6.07) is 7.81. The van der Waals surface area contributed by atoms with Gasteiger partial charge < -0.3 is 14.6 Å². The molecule has 3 nitrogen and oxygen atoms in total. The van der Waals surface area contributed by atoms with Crippen molar-refractivity contribution < 1.29 is 14.6 Å². The van der Waals surface area contributed by atoms with Gasteiger partial charge in [0.2, 0.25) is 0 Å². The Morgan fingerprint density at radius 2 is 2.07 bits per heavy atom. The summed E-state index contributed by atoms with van der Waals surface area (Å²) in [6.07, 6.45) is 1.23. The molecule has 0 saturated carbocycles. The zero-order valence-corrected chi connectivity index (χ0v) is 8.85. The molecule has 2 unspecified atom stereocenters. The molecule has 0 spiro atoms. The molecule has 1 aromatic rings. The van der Waals surface area contributed by atoms with Gasteiger partial charge in [0.1, 0.15) is 5.75 Å². The van der Waals surface area contributed by atoms with Gasteiger partial charge in [-0.2, -0.15) is 0 Å². The van der Waals surface area contributed by atoms with E-state index >= 15 is 0 Å². The van der Waals surface area contributed by atoms with E-state index in [1.807, 2.05) is 24.3 Å². The van der Waals surface area contributed by atoms with E-state index in [2.05, 4.69) is 0 Å². The Bertz CT molecular complexity index is 307. The van der Waals surface area contributed by atoms with Crippen molar-refractivity contribution in [2.24, 2.45) is 0 Å². The van der Waals surface area contributed by atoms with Crippen LogP contribution in [0.25, 0.3) is 0 Å². The maximum Gasteiger partial charge on any atom is 0.118 e. The van der Waals surface area contributed by atoms with Gasteiger partial charge in [0.15, 0.2) is 0 Å². The fraction of sp³-hybridized carbons (Fsp3) is 0.500. The zero-order chi connectivity index (χ0) is 10.7. The van der Waals surface area contributed by atoms with E-state index in [9.17, 15) is 5.11 Å². The van der Waals surface area contributed by atoms with Crippen molar-refractivity contribution in [3.63, 3.8) is 0 Å². The van der Waals surface area contributed by atoms with E-state index in [1.165, 1.54) is 0 Å². The lowest BCUT2D eigenvalue weighted by molar-refractivity contribution is -0.0447. The summed E-state index contributed by atoms with van der Waals surface area (Å²) in [7, 11) is 1.65. The normalized spacial score (nSPS) is 26.3. The van der Waals surface area contributed by atoms with Crippen LogP contribution in [0.4, 0.5) is 0 Å². The number of hydrogen-bond acceptors (Lipinski definition) is 3. The number of benzene rings is 1. The quantitative estimate of drug-likeness (QED) is 0.806. The van der Waals surface area contributed by atoms with Crippen LogP contribution in [0.2, 0.25) is 0 Å². The van der Waals surface area contributed by atoms with E-state index in [1.54, 1.807) is 7.11 Å². The van der Waals surface area contributed by atoms with Crippen LogP contribution in [0.15, 0.2) is 24.3 Å². The largest absolute Gasteiger partial charge is 0.497 e. The molecule has 15 heavy (non-hydrogen) atoms. The van der Waals surface area contributed by atoms with Gasteiger partial charge in [-0.3, -0.25) is 0 Å². The predicted octanol–water partition coefficient (Wildman–Crippen LogP) is 1.91. The molecule has 0 aromatic heterocycles. The molecule has 2 rings (SSSR count). The molecule has 82 valence electrons. The van der Waals surface area contributed by atoms with Crippen molar-refractivity contribution >= 4 is 0 Å². The van der Waals surface area contributed by atoms with Crippen LogP contribution >= 0.6 is 0 Å². The topological polar surface area (TPSA) is 38.7 Å². The lowest BCUT2D eigenvalue weighted by Gasteiger charge is -2.26. The minimum absolute atomic E-state index is 0.0275. The Balaban J connectivity index is 2.07. The molecule has 2 atom stereocenters. The predicted molar refractivity (Wildman–Crippen MR) is 56.9 cm³/mol. The SMILES string of the molecule is COc1ccc(C2CC(O)CCO2)cc1. The van der Waals surface area contributed by atoms with Gasteiger partial charge >= 0.3 is 0 Å². The van der Waals surface area contributed by atoms with Crippen molar-refractivity contribution in [1.82, 2.24) is 0 Å². The van der Waals surface area contributed by atoms with E-state index in [0.717, 1.165) is 17.7 Å². The second kappa shape index (κ2) is 4.64. The van der Waals surface area contributed by atoms with Gasteiger partial charge in [-0.15, -0.1) is 0 Å². The Morgan fingerprint density at radius 3 is 2.67 bits per heavy atom. The first-order valence-electron chi connectivity index (χ1n) is 5.23. The summed E-state index contributed by atoms with van der Waals surface area (Å²) < 4.78 is 10.7. The smallest absolute Gasteiger partial charge is 0.118 e. The van der Waals surface area contributed by atoms with Crippen LogP contribution in [0.1, 0.15) is 24.5 Å². The van der Waals surface area contributed by atoms with Crippen LogP contribution in [0.3, 0.4) is 0 Å². The Morgan fingerprint density at radius 1 is 1.33 bits per heavy atom. The first kappa shape index (κ1) is 10.5. The number of rotatable bonds is 2. The fourth-order valence-electron chi connectivity index (χ4n) is 1.83. The van der Waals surface area contributed by atoms with Gasteiger partial charge in [-0.1, -0.05) is 12.1 Å². The maximum atomic E-state index is 9.54. The highest BCUT2D eigenvalue weighted by Crippen LogP contribution is 2.28. The monoisotopic (exact) mass is 208 g/mol. The Hall–Kier alpha value is -1.06. The summed E-state index contributed by atoms with van der Waals surface area (Å²) >= 11 is 0. The summed E-state index contributed by atoms with van der Waals surface area (Å²) in [4.78, 5) is 0. The van der Waals surface area contributed by atoms with Crippen LogP contribution in [0, 0.1) is 0 Å². The minimum atomic E-state index is -0.231. The van der Waals surface area contributed by atoms with Crippen molar-refractivity contribution in [2.75, 3.05) is 13.7 Å². The molecule has 0 aliphatic carbocycles. The molecule has 1 fully saturated rings. The number of ether oxygens (including phenoxy) is 2. The molecule has 0 amide bonds. The first-order chi connectivity index (χ1) is 7.29. The molecule has 0 radical (unpaired) electrons. The van der Waals surface area contributed by atoms with E-state index in [0.29, 0.717) is 13.0 Å². The highest BCUT2D eigenvalue weighted by Gasteiger charge is 2.21. The second-order valence-corrected chi connectivity index (χ2v) is 3.81. The molecular weight excluding hydrogens is 192 g/mol. The summed E-state index contributed by atoms with van der Waals surface area (Å²) in [6.45, 7) is 0.637. The average molecular weight is 208 g/mol. The number of aliphatic hydroxyl groups is 1. The van der Waals surface area contributed by atoms with Crippen molar-refractivity contribution in [2.45, 2.75) is 25.0 Å². The van der Waals surface area contributed by atoms with Gasteiger partial charge in [-0.25, -0.2) is 0 Å². The van der Waals surface area contributed by atoms with Crippen LogP contribution in [-0.4, -0.2) is 24.9 Å². The van der Waals surface area contributed by atoms with Crippen molar-refractivity contribution in [3.05, 3.63) is 29.8 Å². The molecule has 1 aromatic carbocycles. The van der Waals surface area contributed by atoms with Crippen molar-refractivity contribution in [1.29, 1.82) is 0 Å². The van der Waals surface area contributed by atoms with Gasteiger partial charge in [0.25, 0.3) is 0 Å². The third-order valence-corrected chi connectivity index (χ3v) is 2.74. The molecule has 3 heteroatoms. The highest BCUT2D eigenvalue weighted by atomic mass is 16.5.